The van der Waals surface area contributed by atoms with E-state index in [2.05, 4.69) is 0 Å². The highest BCUT2D eigenvalue weighted by Crippen LogP contribution is 2.25. The smallest absolute Gasteiger partial charge is 0.225 e. The lowest BCUT2D eigenvalue weighted by molar-refractivity contribution is -0.141. The number of hydrogen-bond donors (Lipinski definition) is 1. The Morgan fingerprint density at radius 3 is 2.68 bits per heavy atom. The average Bonchev–Trinajstić information content (AvgIpc) is 2.64. The van der Waals surface area contributed by atoms with Crippen LogP contribution < -0.4 is 0 Å². The van der Waals surface area contributed by atoms with Gasteiger partial charge in [0.05, 0.1) is 25.7 Å². The first-order chi connectivity index (χ1) is 12.0. The van der Waals surface area contributed by atoms with Gasteiger partial charge in [0, 0.05) is 6.54 Å². The van der Waals surface area contributed by atoms with E-state index in [-0.39, 0.29) is 18.9 Å². The van der Waals surface area contributed by atoms with Crippen molar-refractivity contribution >= 4 is 5.91 Å². The second kappa shape index (κ2) is 7.72. The number of amides is 1. The van der Waals surface area contributed by atoms with Gasteiger partial charge in [0.15, 0.2) is 11.6 Å². The van der Waals surface area contributed by atoms with Crippen molar-refractivity contribution in [3.63, 3.8) is 0 Å². The van der Waals surface area contributed by atoms with Crippen molar-refractivity contribution in [2.45, 2.75) is 18.6 Å². The van der Waals surface area contributed by atoms with Crippen molar-refractivity contribution in [2.75, 3.05) is 19.7 Å². The van der Waals surface area contributed by atoms with Gasteiger partial charge in [0.2, 0.25) is 5.91 Å². The van der Waals surface area contributed by atoms with E-state index < -0.39 is 23.8 Å². The predicted molar refractivity (Wildman–Crippen MR) is 87.6 cm³/mol. The normalized spacial score (nSPS) is 18.8. The minimum absolute atomic E-state index is 0.0332. The molecular formula is C19H19F2NO3. The Morgan fingerprint density at radius 2 is 1.96 bits per heavy atom. The molecule has 6 heteroatoms. The van der Waals surface area contributed by atoms with Crippen molar-refractivity contribution in [3.05, 3.63) is 71.3 Å². The van der Waals surface area contributed by atoms with E-state index in [4.69, 9.17) is 4.74 Å². The molecule has 0 bridgehead atoms. The summed E-state index contributed by atoms with van der Waals surface area (Å²) in [5.41, 5.74) is 1.17. The summed E-state index contributed by atoms with van der Waals surface area (Å²) in [4.78, 5) is 14.0. The molecule has 1 aliphatic rings. The summed E-state index contributed by atoms with van der Waals surface area (Å²) in [6.07, 6.45) is -1.42. The Balaban J connectivity index is 1.64. The maximum absolute atomic E-state index is 13.4. The van der Waals surface area contributed by atoms with Gasteiger partial charge in [0.1, 0.15) is 6.10 Å². The zero-order chi connectivity index (χ0) is 17.8. The Kier molecular flexibility index (Phi) is 5.40. The van der Waals surface area contributed by atoms with Gasteiger partial charge in [0.25, 0.3) is 0 Å². The van der Waals surface area contributed by atoms with Crippen LogP contribution in [0.2, 0.25) is 0 Å². The third-order valence-corrected chi connectivity index (χ3v) is 4.29. The molecule has 25 heavy (non-hydrogen) atoms. The number of halogens is 2. The predicted octanol–water partition coefficient (Wildman–Crippen LogP) is 2.99. The Hall–Kier alpha value is -2.31. The number of morpholine rings is 1. The number of carbonyl (C=O) groups excluding carboxylic acids is 1. The molecule has 0 aliphatic carbocycles. The molecular weight excluding hydrogens is 328 g/mol. The van der Waals surface area contributed by atoms with Gasteiger partial charge in [-0.3, -0.25) is 4.79 Å². The molecule has 1 N–H and O–H groups in total. The first-order valence-electron chi connectivity index (χ1n) is 8.12. The Morgan fingerprint density at radius 1 is 1.20 bits per heavy atom. The molecule has 0 aromatic heterocycles. The molecule has 132 valence electrons. The topological polar surface area (TPSA) is 49.8 Å². The summed E-state index contributed by atoms with van der Waals surface area (Å²) in [5.74, 6) is -2.06. The fourth-order valence-corrected chi connectivity index (χ4v) is 2.88. The van der Waals surface area contributed by atoms with Crippen molar-refractivity contribution in [1.29, 1.82) is 0 Å². The van der Waals surface area contributed by atoms with Gasteiger partial charge in [-0.25, -0.2) is 8.78 Å². The van der Waals surface area contributed by atoms with Crippen LogP contribution in [0.3, 0.4) is 0 Å². The average molecular weight is 347 g/mol. The second-order valence-corrected chi connectivity index (χ2v) is 6.00. The van der Waals surface area contributed by atoms with Gasteiger partial charge in [-0.15, -0.1) is 0 Å². The second-order valence-electron chi connectivity index (χ2n) is 6.00. The number of aliphatic hydroxyl groups is 1. The standard InChI is InChI=1S/C19H19F2NO3/c20-15-7-6-14(10-16(15)21)18-12-22(8-9-25-18)19(24)11-17(23)13-4-2-1-3-5-13/h1-7,10,17-18,23H,8-9,11-12H2. The third kappa shape index (κ3) is 4.21. The van der Waals surface area contributed by atoms with Gasteiger partial charge in [-0.2, -0.15) is 0 Å². The summed E-state index contributed by atoms with van der Waals surface area (Å²) in [5, 5.41) is 10.2. The van der Waals surface area contributed by atoms with Crippen LogP contribution in [-0.4, -0.2) is 35.6 Å². The first-order valence-corrected chi connectivity index (χ1v) is 8.12. The van der Waals surface area contributed by atoms with Gasteiger partial charge in [-0.1, -0.05) is 36.4 Å². The molecule has 0 radical (unpaired) electrons. The van der Waals surface area contributed by atoms with Crippen LogP contribution in [0.25, 0.3) is 0 Å². The lowest BCUT2D eigenvalue weighted by Crippen LogP contribution is -2.42. The van der Waals surface area contributed by atoms with E-state index in [1.165, 1.54) is 6.07 Å². The van der Waals surface area contributed by atoms with E-state index in [9.17, 15) is 18.7 Å². The Labute approximate surface area is 144 Å². The lowest BCUT2D eigenvalue weighted by Gasteiger charge is -2.33. The molecule has 4 nitrogen and oxygen atoms in total. The van der Waals surface area contributed by atoms with Crippen LogP contribution >= 0.6 is 0 Å². The van der Waals surface area contributed by atoms with E-state index in [1.807, 2.05) is 6.07 Å². The highest BCUT2D eigenvalue weighted by molar-refractivity contribution is 5.77. The number of nitrogens with zero attached hydrogens (tertiary/aromatic N) is 1. The summed E-state index contributed by atoms with van der Waals surface area (Å²) in [6.45, 7) is 0.947. The number of ether oxygens (including phenoxy) is 1. The first kappa shape index (κ1) is 17.5. The number of rotatable bonds is 4. The molecule has 2 atom stereocenters. The lowest BCUT2D eigenvalue weighted by atomic mass is 10.0. The quantitative estimate of drug-likeness (QED) is 0.925. The molecule has 1 fully saturated rings. The van der Waals surface area contributed by atoms with Gasteiger partial charge >= 0.3 is 0 Å². The summed E-state index contributed by atoms with van der Waals surface area (Å²) < 4.78 is 32.1. The number of benzene rings is 2. The molecule has 1 amide bonds. The number of aliphatic hydroxyl groups excluding tert-OH is 1. The summed E-state index contributed by atoms with van der Waals surface area (Å²) in [7, 11) is 0. The zero-order valence-electron chi connectivity index (χ0n) is 13.6. The largest absolute Gasteiger partial charge is 0.388 e. The maximum atomic E-state index is 13.4. The van der Waals surface area contributed by atoms with Crippen molar-refractivity contribution in [2.24, 2.45) is 0 Å². The van der Waals surface area contributed by atoms with Crippen LogP contribution in [-0.2, 0) is 9.53 Å². The molecule has 2 aromatic carbocycles. The molecule has 2 unspecified atom stereocenters. The minimum Gasteiger partial charge on any atom is -0.388 e. The van der Waals surface area contributed by atoms with E-state index >= 15 is 0 Å². The highest BCUT2D eigenvalue weighted by atomic mass is 19.2. The molecule has 3 rings (SSSR count). The molecule has 1 heterocycles. The van der Waals surface area contributed by atoms with Crippen LogP contribution in [0.1, 0.15) is 29.8 Å². The third-order valence-electron chi connectivity index (χ3n) is 4.29. The van der Waals surface area contributed by atoms with E-state index in [0.29, 0.717) is 24.3 Å². The molecule has 0 spiro atoms. The fraction of sp³-hybridized carbons (Fsp3) is 0.316. The summed E-state index contributed by atoms with van der Waals surface area (Å²) >= 11 is 0. The molecule has 2 aromatic rings. The van der Waals surface area contributed by atoms with Crippen molar-refractivity contribution < 1.29 is 23.4 Å². The number of carbonyl (C=O) groups is 1. The van der Waals surface area contributed by atoms with Crippen molar-refractivity contribution in [3.8, 4) is 0 Å². The Bertz CT molecular complexity index is 739. The minimum atomic E-state index is -0.941. The summed E-state index contributed by atoms with van der Waals surface area (Å²) in [6, 6.07) is 12.6. The van der Waals surface area contributed by atoms with E-state index in [1.54, 1.807) is 29.2 Å². The van der Waals surface area contributed by atoms with Gasteiger partial charge < -0.3 is 14.7 Å². The number of hydrogen-bond acceptors (Lipinski definition) is 3. The molecule has 1 saturated heterocycles. The van der Waals surface area contributed by atoms with E-state index in [0.717, 1.165) is 12.1 Å². The molecule has 0 saturated carbocycles. The SMILES string of the molecule is O=C(CC(O)c1ccccc1)N1CCOC(c2ccc(F)c(F)c2)C1. The van der Waals surface area contributed by atoms with Crippen LogP contribution in [0.4, 0.5) is 8.78 Å². The van der Waals surface area contributed by atoms with Crippen molar-refractivity contribution in [1.82, 2.24) is 4.90 Å². The fourth-order valence-electron chi connectivity index (χ4n) is 2.88. The highest BCUT2D eigenvalue weighted by Gasteiger charge is 2.27. The van der Waals surface area contributed by atoms with Crippen LogP contribution in [0.15, 0.2) is 48.5 Å². The monoisotopic (exact) mass is 347 g/mol. The van der Waals surface area contributed by atoms with Gasteiger partial charge in [-0.05, 0) is 23.3 Å². The maximum Gasteiger partial charge on any atom is 0.225 e. The van der Waals surface area contributed by atoms with Crippen LogP contribution in [0, 0.1) is 11.6 Å². The van der Waals surface area contributed by atoms with Crippen LogP contribution in [0.5, 0.6) is 0 Å². The molecule has 1 aliphatic heterocycles. The zero-order valence-corrected chi connectivity index (χ0v) is 13.6.